The summed E-state index contributed by atoms with van der Waals surface area (Å²) in [6.07, 6.45) is -3.26. The maximum absolute atomic E-state index is 14.4. The van der Waals surface area contributed by atoms with Crippen LogP contribution in [0.3, 0.4) is 0 Å². The van der Waals surface area contributed by atoms with Crippen LogP contribution in [0.1, 0.15) is 6.23 Å². The Balaban J connectivity index is 2.52. The largest absolute Gasteiger partial charge is 0.393 e. The molecule has 0 spiro atoms. The molecule has 0 amide bonds. The Hall–Kier alpha value is -1.65. The van der Waals surface area contributed by atoms with Crippen molar-refractivity contribution >= 4 is 5.82 Å². The number of methoxy groups -OCH3 is 1. The van der Waals surface area contributed by atoms with E-state index in [0.29, 0.717) is 4.57 Å². The van der Waals surface area contributed by atoms with Gasteiger partial charge < -0.3 is 20.3 Å². The smallest absolute Gasteiger partial charge is 0.351 e. The van der Waals surface area contributed by atoms with Gasteiger partial charge in [0, 0.05) is 13.3 Å². The number of hydrogen-bond acceptors (Lipinski definition) is 6. The van der Waals surface area contributed by atoms with Crippen LogP contribution in [0.25, 0.3) is 0 Å². The summed E-state index contributed by atoms with van der Waals surface area (Å²) in [5.74, 6) is -3.91. The van der Waals surface area contributed by atoms with E-state index in [0.717, 1.165) is 19.4 Å². The van der Waals surface area contributed by atoms with Crippen molar-refractivity contribution in [2.75, 3.05) is 26.1 Å². The molecule has 0 unspecified atom stereocenters. The summed E-state index contributed by atoms with van der Waals surface area (Å²) in [5, 5.41) is 9.23. The number of nitrogen functional groups attached to an aromatic ring is 1. The number of aliphatic hydroxyl groups excluding tert-OH is 1. The number of ether oxygens (including phenoxy) is 2. The van der Waals surface area contributed by atoms with Crippen LogP contribution in [0, 0.1) is 0 Å². The minimum Gasteiger partial charge on any atom is -0.393 e. The van der Waals surface area contributed by atoms with Gasteiger partial charge in [0.25, 0.3) is 0 Å². The molecule has 7 nitrogen and oxygen atoms in total. The van der Waals surface area contributed by atoms with E-state index < -0.39 is 42.8 Å². The zero-order valence-electron chi connectivity index (χ0n) is 11.0. The third-order valence-corrected chi connectivity index (χ3v) is 3.34. The number of alkyl halides is 3. The van der Waals surface area contributed by atoms with Gasteiger partial charge in [0.15, 0.2) is 11.7 Å². The average Bonchev–Trinajstić information content (AvgIpc) is 2.66. The summed E-state index contributed by atoms with van der Waals surface area (Å²) in [7, 11) is 0.939. The van der Waals surface area contributed by atoms with Gasteiger partial charge in [0.05, 0.1) is 6.61 Å². The Labute approximate surface area is 117 Å². The quantitative estimate of drug-likeness (QED) is 0.792. The van der Waals surface area contributed by atoms with E-state index in [9.17, 15) is 23.1 Å². The molecule has 1 aromatic heterocycles. The molecule has 0 aliphatic carbocycles. The van der Waals surface area contributed by atoms with Crippen molar-refractivity contribution in [1.82, 2.24) is 9.55 Å². The van der Waals surface area contributed by atoms with Gasteiger partial charge in [-0.2, -0.15) is 13.8 Å². The minimum atomic E-state index is -3.76. The van der Waals surface area contributed by atoms with Gasteiger partial charge in [-0.05, 0) is 6.07 Å². The molecule has 1 aromatic rings. The SMILES string of the molecule is CO[C@H]1C(F)(F)[C@H](n2ccc(N)nc2=O)O[C@@]1(CO)CF. The summed E-state index contributed by atoms with van der Waals surface area (Å²) < 4.78 is 51.9. The predicted octanol–water partition coefficient (Wildman–Crippen LogP) is -0.295. The molecule has 0 radical (unpaired) electrons. The molecule has 118 valence electrons. The summed E-state index contributed by atoms with van der Waals surface area (Å²) >= 11 is 0. The average molecular weight is 309 g/mol. The minimum absolute atomic E-state index is 0.153. The molecule has 1 fully saturated rings. The number of halogens is 3. The molecule has 0 saturated carbocycles. The standard InChI is InChI=1S/C11H14F3N3O4/c1-20-7-10(4-12,5-18)21-8(11(7,13)14)17-3-2-6(15)16-9(17)19/h2-3,7-8,18H,4-5H2,1H3,(H2,15,16,19)/t7-,8-,10-/m1/s1. The van der Waals surface area contributed by atoms with Gasteiger partial charge in [-0.15, -0.1) is 0 Å². The second-order valence-electron chi connectivity index (χ2n) is 4.66. The monoisotopic (exact) mass is 309 g/mol. The molecule has 3 N–H and O–H groups in total. The molecule has 0 aromatic carbocycles. The number of nitrogens with two attached hydrogens (primary N) is 1. The summed E-state index contributed by atoms with van der Waals surface area (Å²) in [6.45, 7) is -2.45. The van der Waals surface area contributed by atoms with Crippen molar-refractivity contribution in [1.29, 1.82) is 0 Å². The number of aliphatic hydroxyl groups is 1. The third-order valence-electron chi connectivity index (χ3n) is 3.34. The highest BCUT2D eigenvalue weighted by molar-refractivity contribution is 5.24. The van der Waals surface area contributed by atoms with Gasteiger partial charge in [-0.25, -0.2) is 9.18 Å². The maximum Gasteiger partial charge on any atom is 0.351 e. The van der Waals surface area contributed by atoms with Gasteiger partial charge >= 0.3 is 11.6 Å². The Morgan fingerprint density at radius 1 is 1.62 bits per heavy atom. The van der Waals surface area contributed by atoms with Crippen LogP contribution in [-0.2, 0) is 9.47 Å². The van der Waals surface area contributed by atoms with E-state index in [1.54, 1.807) is 0 Å². The number of aromatic nitrogens is 2. The fourth-order valence-electron chi connectivity index (χ4n) is 2.33. The number of anilines is 1. The molecule has 10 heteroatoms. The van der Waals surface area contributed by atoms with Crippen LogP contribution in [0.15, 0.2) is 17.1 Å². The van der Waals surface area contributed by atoms with E-state index in [1.807, 2.05) is 0 Å². The molecular formula is C11H14F3N3O4. The summed E-state index contributed by atoms with van der Waals surface area (Å²) in [4.78, 5) is 15.0. The first-order chi connectivity index (χ1) is 9.82. The molecule has 0 bridgehead atoms. The number of nitrogens with zero attached hydrogens (tertiary/aromatic N) is 2. The van der Waals surface area contributed by atoms with Crippen LogP contribution in [0.4, 0.5) is 19.0 Å². The van der Waals surface area contributed by atoms with Gasteiger partial charge in [-0.1, -0.05) is 0 Å². The van der Waals surface area contributed by atoms with Crippen LogP contribution >= 0.6 is 0 Å². The summed E-state index contributed by atoms with van der Waals surface area (Å²) in [5.41, 5.74) is 1.93. The Morgan fingerprint density at radius 3 is 2.71 bits per heavy atom. The maximum atomic E-state index is 14.4. The zero-order chi connectivity index (χ0) is 15.8. The first-order valence-corrected chi connectivity index (χ1v) is 5.92. The van der Waals surface area contributed by atoms with E-state index >= 15 is 0 Å². The molecule has 2 rings (SSSR count). The molecule has 2 heterocycles. The lowest BCUT2D eigenvalue weighted by molar-refractivity contribution is -0.148. The Kier molecular flexibility index (Phi) is 3.95. The molecule has 1 saturated heterocycles. The lowest BCUT2D eigenvalue weighted by Crippen LogP contribution is -2.51. The predicted molar refractivity (Wildman–Crippen MR) is 64.6 cm³/mol. The Bertz CT molecular complexity index is 576. The fourth-order valence-corrected chi connectivity index (χ4v) is 2.33. The van der Waals surface area contributed by atoms with E-state index in [2.05, 4.69) is 9.72 Å². The highest BCUT2D eigenvalue weighted by atomic mass is 19.3. The van der Waals surface area contributed by atoms with Crippen LogP contribution < -0.4 is 11.4 Å². The normalized spacial score (nSPS) is 31.5. The van der Waals surface area contributed by atoms with Crippen molar-refractivity contribution in [2.45, 2.75) is 23.9 Å². The molecular weight excluding hydrogens is 295 g/mol. The van der Waals surface area contributed by atoms with Gasteiger partial charge in [0.1, 0.15) is 12.5 Å². The first kappa shape index (κ1) is 15.7. The van der Waals surface area contributed by atoms with Crippen molar-refractivity contribution in [3.8, 4) is 0 Å². The Morgan fingerprint density at radius 2 is 2.29 bits per heavy atom. The van der Waals surface area contributed by atoms with Crippen LogP contribution in [0.2, 0.25) is 0 Å². The van der Waals surface area contributed by atoms with E-state index in [4.69, 9.17) is 10.5 Å². The van der Waals surface area contributed by atoms with Crippen molar-refractivity contribution in [3.05, 3.63) is 22.7 Å². The van der Waals surface area contributed by atoms with Crippen molar-refractivity contribution < 1.29 is 27.8 Å². The van der Waals surface area contributed by atoms with Gasteiger partial charge in [-0.3, -0.25) is 4.57 Å². The molecule has 3 atom stereocenters. The molecule has 1 aliphatic rings. The molecule has 21 heavy (non-hydrogen) atoms. The highest BCUT2D eigenvalue weighted by Gasteiger charge is 2.68. The second kappa shape index (κ2) is 5.28. The third kappa shape index (κ3) is 2.28. The highest BCUT2D eigenvalue weighted by Crippen LogP contribution is 2.48. The van der Waals surface area contributed by atoms with Crippen molar-refractivity contribution in [2.24, 2.45) is 0 Å². The first-order valence-electron chi connectivity index (χ1n) is 5.92. The van der Waals surface area contributed by atoms with Gasteiger partial charge in [0.2, 0.25) is 6.23 Å². The second-order valence-corrected chi connectivity index (χ2v) is 4.66. The lowest BCUT2D eigenvalue weighted by atomic mass is 9.96. The van der Waals surface area contributed by atoms with Crippen molar-refractivity contribution in [3.63, 3.8) is 0 Å². The van der Waals surface area contributed by atoms with E-state index in [1.165, 1.54) is 0 Å². The lowest BCUT2D eigenvalue weighted by Gasteiger charge is -2.28. The fraction of sp³-hybridized carbons (Fsp3) is 0.636. The number of hydrogen-bond donors (Lipinski definition) is 2. The van der Waals surface area contributed by atoms with Crippen LogP contribution in [-0.4, -0.2) is 52.7 Å². The zero-order valence-corrected chi connectivity index (χ0v) is 11.0. The summed E-state index contributed by atoms with van der Waals surface area (Å²) in [6, 6.07) is 1.12. The number of rotatable bonds is 4. The van der Waals surface area contributed by atoms with Crippen LogP contribution in [0.5, 0.6) is 0 Å². The topological polar surface area (TPSA) is 99.6 Å². The van der Waals surface area contributed by atoms with E-state index in [-0.39, 0.29) is 5.82 Å². The molecule has 1 aliphatic heterocycles.